The second kappa shape index (κ2) is 8.12. The molecule has 0 aliphatic carbocycles. The lowest BCUT2D eigenvalue weighted by atomic mass is 10.0. The highest BCUT2D eigenvalue weighted by molar-refractivity contribution is 6.05. The first-order chi connectivity index (χ1) is 13.5. The molecule has 28 heavy (non-hydrogen) atoms. The molecule has 0 unspecified atom stereocenters. The molecule has 3 aromatic rings. The summed E-state index contributed by atoms with van der Waals surface area (Å²) in [6.45, 7) is 1.92. The number of hydrogen-bond donors (Lipinski definition) is 2. The van der Waals surface area contributed by atoms with Crippen LogP contribution in [0, 0.1) is 11.6 Å². The van der Waals surface area contributed by atoms with Gasteiger partial charge in [-0.3, -0.25) is 9.78 Å². The third-order valence-electron chi connectivity index (χ3n) is 4.32. The van der Waals surface area contributed by atoms with E-state index >= 15 is 0 Å². The van der Waals surface area contributed by atoms with Crippen LogP contribution in [0.1, 0.15) is 41.7 Å². The van der Waals surface area contributed by atoms with Crippen LogP contribution >= 0.6 is 0 Å². The maximum absolute atomic E-state index is 14.6. The molecule has 1 aromatic carbocycles. The van der Waals surface area contributed by atoms with Crippen LogP contribution in [-0.2, 0) is 0 Å². The Hall–Kier alpha value is -3.36. The molecule has 7 nitrogen and oxygen atoms in total. The fourth-order valence-electron chi connectivity index (χ4n) is 2.99. The molecule has 0 bridgehead atoms. The first-order valence-corrected chi connectivity index (χ1v) is 8.65. The topological polar surface area (TPSA) is 103 Å². The van der Waals surface area contributed by atoms with Gasteiger partial charge in [-0.15, -0.1) is 0 Å². The molecule has 0 saturated carbocycles. The molecule has 0 fully saturated rings. The molecule has 1 amide bonds. The zero-order valence-corrected chi connectivity index (χ0v) is 15.4. The summed E-state index contributed by atoms with van der Waals surface area (Å²) in [6, 6.07) is 3.00. The Morgan fingerprint density at radius 2 is 2.00 bits per heavy atom. The number of anilines is 1. The van der Waals surface area contributed by atoms with E-state index < -0.39 is 23.6 Å². The van der Waals surface area contributed by atoms with Crippen molar-refractivity contribution in [2.45, 2.75) is 25.8 Å². The lowest BCUT2D eigenvalue weighted by Crippen LogP contribution is -2.16. The predicted molar refractivity (Wildman–Crippen MR) is 100 cm³/mol. The highest BCUT2D eigenvalue weighted by Crippen LogP contribution is 2.31. The van der Waals surface area contributed by atoms with Gasteiger partial charge in [-0.25, -0.2) is 18.7 Å². The van der Waals surface area contributed by atoms with Crippen molar-refractivity contribution in [1.29, 1.82) is 0 Å². The number of ether oxygens (including phenoxy) is 1. The molecule has 0 saturated heterocycles. The van der Waals surface area contributed by atoms with Gasteiger partial charge in [0.25, 0.3) is 5.91 Å². The Kier molecular flexibility index (Phi) is 5.62. The molecule has 146 valence electrons. The van der Waals surface area contributed by atoms with E-state index in [1.165, 1.54) is 25.7 Å². The van der Waals surface area contributed by atoms with Gasteiger partial charge >= 0.3 is 0 Å². The number of carbonyl (C=O) groups is 1. The number of fused-ring (bicyclic) bond motifs is 1. The first-order valence-electron chi connectivity index (χ1n) is 8.65. The quantitative estimate of drug-likeness (QED) is 0.644. The Morgan fingerprint density at radius 1 is 1.21 bits per heavy atom. The lowest BCUT2D eigenvalue weighted by Gasteiger charge is -2.21. The summed E-state index contributed by atoms with van der Waals surface area (Å²) in [5, 5.41) is 3.10. The van der Waals surface area contributed by atoms with Crippen LogP contribution in [0.15, 0.2) is 30.7 Å². The van der Waals surface area contributed by atoms with Crippen LogP contribution in [0.3, 0.4) is 0 Å². The Labute approximate surface area is 160 Å². The summed E-state index contributed by atoms with van der Waals surface area (Å²) < 4.78 is 33.6. The molecule has 1 atom stereocenters. The van der Waals surface area contributed by atoms with E-state index in [2.05, 4.69) is 20.3 Å². The number of nitrogens with one attached hydrogen (secondary N) is 1. The van der Waals surface area contributed by atoms with Gasteiger partial charge in [-0.2, -0.15) is 0 Å². The number of benzene rings is 1. The lowest BCUT2D eigenvalue weighted by molar-refractivity contribution is 0.100. The van der Waals surface area contributed by atoms with Crippen molar-refractivity contribution >= 4 is 22.8 Å². The smallest absolute Gasteiger partial charge is 0.251 e. The van der Waals surface area contributed by atoms with Crippen molar-refractivity contribution in [3.05, 3.63) is 53.5 Å². The molecule has 0 radical (unpaired) electrons. The van der Waals surface area contributed by atoms with E-state index in [0.717, 1.165) is 12.1 Å². The van der Waals surface area contributed by atoms with Crippen molar-refractivity contribution in [2.75, 3.05) is 12.4 Å². The SMILES string of the molecule is CCC[C@@H](Nc1ncnc2c(C(N)=O)ccnc12)c1cc(F)c(OC)cc1F. The maximum atomic E-state index is 14.6. The number of pyridine rings is 1. The van der Waals surface area contributed by atoms with E-state index in [1.807, 2.05) is 6.92 Å². The molecule has 9 heteroatoms. The van der Waals surface area contributed by atoms with Crippen LogP contribution in [0.2, 0.25) is 0 Å². The summed E-state index contributed by atoms with van der Waals surface area (Å²) in [5.74, 6) is -1.79. The van der Waals surface area contributed by atoms with Crippen molar-refractivity contribution in [2.24, 2.45) is 5.73 Å². The Balaban J connectivity index is 2.06. The van der Waals surface area contributed by atoms with Gasteiger partial charge in [0.2, 0.25) is 0 Å². The van der Waals surface area contributed by atoms with Gasteiger partial charge in [-0.1, -0.05) is 13.3 Å². The van der Waals surface area contributed by atoms with Crippen molar-refractivity contribution in [3.63, 3.8) is 0 Å². The molecule has 0 aliphatic rings. The first kappa shape index (κ1) is 19.4. The predicted octanol–water partition coefficient (Wildman–Crippen LogP) is 3.36. The van der Waals surface area contributed by atoms with E-state index in [4.69, 9.17) is 10.5 Å². The molecule has 3 rings (SSSR count). The molecule has 3 N–H and O–H groups in total. The van der Waals surface area contributed by atoms with Gasteiger partial charge in [0, 0.05) is 17.8 Å². The maximum Gasteiger partial charge on any atom is 0.251 e. The van der Waals surface area contributed by atoms with Crippen LogP contribution in [0.4, 0.5) is 14.6 Å². The zero-order valence-electron chi connectivity index (χ0n) is 15.4. The van der Waals surface area contributed by atoms with Crippen LogP contribution in [-0.4, -0.2) is 28.0 Å². The highest BCUT2D eigenvalue weighted by atomic mass is 19.1. The third kappa shape index (κ3) is 3.68. The zero-order chi connectivity index (χ0) is 20.3. The van der Waals surface area contributed by atoms with E-state index in [0.29, 0.717) is 24.2 Å². The molecular formula is C19H19F2N5O2. The summed E-state index contributed by atoms with van der Waals surface area (Å²) in [4.78, 5) is 24.1. The number of hydrogen-bond acceptors (Lipinski definition) is 6. The monoisotopic (exact) mass is 387 g/mol. The number of nitrogens with zero attached hydrogens (tertiary/aromatic N) is 3. The summed E-state index contributed by atoms with van der Waals surface area (Å²) in [6.07, 6.45) is 3.88. The average molecular weight is 387 g/mol. The Morgan fingerprint density at radius 3 is 2.68 bits per heavy atom. The number of methoxy groups -OCH3 is 1. The van der Waals surface area contributed by atoms with E-state index in [1.54, 1.807) is 0 Å². The van der Waals surface area contributed by atoms with Crippen molar-refractivity contribution < 1.29 is 18.3 Å². The summed E-state index contributed by atoms with van der Waals surface area (Å²) >= 11 is 0. The molecule has 0 spiro atoms. The average Bonchev–Trinajstić information content (AvgIpc) is 2.68. The van der Waals surface area contributed by atoms with Crippen LogP contribution in [0.25, 0.3) is 11.0 Å². The number of primary amides is 1. The minimum Gasteiger partial charge on any atom is -0.494 e. The number of carbonyl (C=O) groups excluding carboxylic acids is 1. The van der Waals surface area contributed by atoms with E-state index in [-0.39, 0.29) is 22.4 Å². The fourth-order valence-corrected chi connectivity index (χ4v) is 2.99. The summed E-state index contributed by atoms with van der Waals surface area (Å²) in [7, 11) is 1.27. The van der Waals surface area contributed by atoms with Crippen molar-refractivity contribution in [1.82, 2.24) is 15.0 Å². The van der Waals surface area contributed by atoms with Crippen LogP contribution < -0.4 is 15.8 Å². The molecule has 2 aromatic heterocycles. The number of amides is 1. The minimum absolute atomic E-state index is 0.137. The standard InChI is InChI=1S/C19H19F2N5O2/c1-3-4-14(11-7-13(21)15(28-2)8-12(11)20)26-19-17-16(24-9-25-19)10(18(22)27)5-6-23-17/h5-9,14H,3-4H2,1-2H3,(H2,22,27)(H,24,25,26)/t14-/m1/s1. The molecule has 2 heterocycles. The Bertz CT molecular complexity index is 1030. The normalized spacial score (nSPS) is 12.0. The van der Waals surface area contributed by atoms with Gasteiger partial charge in [0.15, 0.2) is 17.4 Å². The number of rotatable bonds is 7. The fraction of sp³-hybridized carbons (Fsp3) is 0.263. The van der Waals surface area contributed by atoms with Gasteiger partial charge in [0.1, 0.15) is 23.2 Å². The number of aromatic nitrogens is 3. The minimum atomic E-state index is -0.663. The second-order valence-corrected chi connectivity index (χ2v) is 6.14. The van der Waals surface area contributed by atoms with Gasteiger partial charge in [0.05, 0.1) is 18.7 Å². The largest absolute Gasteiger partial charge is 0.494 e. The van der Waals surface area contributed by atoms with Gasteiger partial charge in [-0.05, 0) is 18.6 Å². The molecular weight excluding hydrogens is 368 g/mol. The van der Waals surface area contributed by atoms with E-state index in [9.17, 15) is 13.6 Å². The van der Waals surface area contributed by atoms with Crippen LogP contribution in [0.5, 0.6) is 5.75 Å². The second-order valence-electron chi connectivity index (χ2n) is 6.14. The molecule has 0 aliphatic heterocycles. The summed E-state index contributed by atoms with van der Waals surface area (Å²) in [5.41, 5.74) is 6.31. The third-order valence-corrected chi connectivity index (χ3v) is 4.32. The number of halogens is 2. The highest BCUT2D eigenvalue weighted by Gasteiger charge is 2.21. The van der Waals surface area contributed by atoms with Gasteiger partial charge < -0.3 is 15.8 Å². The van der Waals surface area contributed by atoms with Crippen molar-refractivity contribution in [3.8, 4) is 5.75 Å². The number of nitrogens with two attached hydrogens (primary N) is 1.